The molecule has 0 aliphatic heterocycles. The predicted molar refractivity (Wildman–Crippen MR) is 122 cm³/mol. The number of nitrogens with zero attached hydrogens (tertiary/aromatic N) is 5. The number of carbonyl (C=O) groups excluding carboxylic acids is 1. The van der Waals surface area contributed by atoms with Gasteiger partial charge >= 0.3 is 12.1 Å². The molecule has 1 aromatic carbocycles. The van der Waals surface area contributed by atoms with E-state index in [9.17, 15) is 9.18 Å². The second-order valence-electron chi connectivity index (χ2n) is 8.25. The van der Waals surface area contributed by atoms with Crippen molar-refractivity contribution in [3.05, 3.63) is 47.2 Å². The van der Waals surface area contributed by atoms with E-state index < -0.39 is 5.60 Å². The van der Waals surface area contributed by atoms with Crippen molar-refractivity contribution in [2.45, 2.75) is 45.8 Å². The lowest BCUT2D eigenvalue weighted by atomic mass is 10.2. The first-order valence-electron chi connectivity index (χ1n) is 10.4. The summed E-state index contributed by atoms with van der Waals surface area (Å²) in [6.07, 6.45) is 5.82. The van der Waals surface area contributed by atoms with E-state index in [1.165, 1.54) is 12.1 Å². The van der Waals surface area contributed by atoms with Crippen molar-refractivity contribution >= 4 is 33.1 Å². The molecule has 0 radical (unpaired) electrons. The van der Waals surface area contributed by atoms with Crippen LogP contribution in [0.15, 0.2) is 41.4 Å². The van der Waals surface area contributed by atoms with E-state index in [2.05, 4.69) is 30.9 Å². The highest BCUT2D eigenvalue weighted by atomic mass is 79.9. The van der Waals surface area contributed by atoms with Gasteiger partial charge in [-0.15, -0.1) is 0 Å². The molecule has 3 aromatic rings. The number of amides is 1. The van der Waals surface area contributed by atoms with Crippen molar-refractivity contribution in [3.8, 4) is 6.01 Å². The number of fused-ring (bicyclic) bond motifs is 1. The molecule has 2 aromatic heterocycles. The van der Waals surface area contributed by atoms with Crippen LogP contribution in [0, 0.1) is 5.82 Å². The summed E-state index contributed by atoms with van der Waals surface area (Å²) in [6, 6.07) is 4.85. The number of aryl methyl sites for hydroxylation is 1. The summed E-state index contributed by atoms with van der Waals surface area (Å²) in [5.41, 5.74) is 0.826. The number of aromatic nitrogens is 4. The highest BCUT2D eigenvalue weighted by Crippen LogP contribution is 2.25. The summed E-state index contributed by atoms with van der Waals surface area (Å²) in [5, 5.41) is 0. The van der Waals surface area contributed by atoms with E-state index in [4.69, 9.17) is 9.47 Å². The summed E-state index contributed by atoms with van der Waals surface area (Å²) in [6.45, 7) is 7.49. The monoisotopic (exact) mass is 507 g/mol. The second kappa shape index (κ2) is 10.7. The maximum Gasteiger partial charge on any atom is 0.410 e. The average Bonchev–Trinajstić information content (AvgIpc) is 3.12. The zero-order chi connectivity index (χ0) is 23.1. The van der Waals surface area contributed by atoms with Gasteiger partial charge in [0.2, 0.25) is 0 Å². The lowest BCUT2D eigenvalue weighted by Gasteiger charge is -2.27. The topological polar surface area (TPSA) is 82.4 Å². The summed E-state index contributed by atoms with van der Waals surface area (Å²) in [4.78, 5) is 26.7. The number of rotatable bonds is 9. The molecule has 0 N–H and O–H groups in total. The SMILES string of the molecule is CC(C)(C)OC(=O)N(CCCOc1ncccn1)CCCn1cnc2cc(F)cc(Br)c21. The smallest absolute Gasteiger partial charge is 0.410 e. The Morgan fingerprint density at radius 2 is 1.88 bits per heavy atom. The van der Waals surface area contributed by atoms with Crippen LogP contribution in [0.4, 0.5) is 9.18 Å². The Labute approximate surface area is 194 Å². The molecule has 0 spiro atoms. The fraction of sp³-hybridized carbons (Fsp3) is 0.455. The largest absolute Gasteiger partial charge is 0.463 e. The third-order valence-electron chi connectivity index (χ3n) is 4.46. The molecular weight excluding hydrogens is 481 g/mol. The number of hydrogen-bond acceptors (Lipinski definition) is 6. The van der Waals surface area contributed by atoms with Crippen molar-refractivity contribution in [1.29, 1.82) is 0 Å². The molecule has 0 atom stereocenters. The van der Waals surface area contributed by atoms with Crippen LogP contribution in [0.1, 0.15) is 33.6 Å². The van der Waals surface area contributed by atoms with Crippen molar-refractivity contribution in [2.75, 3.05) is 19.7 Å². The molecular formula is C22H27BrFN5O3. The predicted octanol–water partition coefficient (Wildman–Crippen LogP) is 4.82. The molecule has 0 saturated carbocycles. The van der Waals surface area contributed by atoms with Crippen LogP contribution in [0.3, 0.4) is 0 Å². The Bertz CT molecular complexity index is 1040. The minimum atomic E-state index is -0.584. The van der Waals surface area contributed by atoms with Crippen molar-refractivity contribution < 1.29 is 18.7 Å². The number of benzene rings is 1. The van der Waals surface area contributed by atoms with Crippen LogP contribution in [0.2, 0.25) is 0 Å². The first kappa shape index (κ1) is 23.9. The van der Waals surface area contributed by atoms with Crippen LogP contribution in [-0.4, -0.2) is 55.8 Å². The maximum atomic E-state index is 13.6. The van der Waals surface area contributed by atoms with Crippen LogP contribution in [0.5, 0.6) is 6.01 Å². The molecule has 0 bridgehead atoms. The first-order valence-corrected chi connectivity index (χ1v) is 11.2. The van der Waals surface area contributed by atoms with Crippen LogP contribution >= 0.6 is 15.9 Å². The first-order chi connectivity index (χ1) is 15.2. The normalized spacial score (nSPS) is 11.5. The van der Waals surface area contributed by atoms with Gasteiger partial charge in [-0.05, 0) is 61.7 Å². The Kier molecular flexibility index (Phi) is 8.00. The summed E-state index contributed by atoms with van der Waals surface area (Å²) < 4.78 is 27.3. The molecule has 10 heteroatoms. The van der Waals surface area contributed by atoms with E-state index >= 15 is 0 Å². The van der Waals surface area contributed by atoms with E-state index in [1.54, 1.807) is 29.7 Å². The number of imidazole rings is 1. The third kappa shape index (κ3) is 6.88. The number of carbonyl (C=O) groups is 1. The maximum absolute atomic E-state index is 13.6. The molecule has 0 aliphatic carbocycles. The van der Waals surface area contributed by atoms with Gasteiger partial charge in [0.15, 0.2) is 0 Å². The van der Waals surface area contributed by atoms with Crippen molar-refractivity contribution in [2.24, 2.45) is 0 Å². The van der Waals surface area contributed by atoms with Crippen molar-refractivity contribution in [3.63, 3.8) is 0 Å². The minimum Gasteiger partial charge on any atom is -0.463 e. The summed E-state index contributed by atoms with van der Waals surface area (Å²) >= 11 is 3.41. The zero-order valence-corrected chi connectivity index (χ0v) is 20.0. The van der Waals surface area contributed by atoms with Gasteiger partial charge in [-0.1, -0.05) is 0 Å². The number of halogens is 2. The fourth-order valence-corrected chi connectivity index (χ4v) is 3.78. The average molecular weight is 508 g/mol. The van der Waals surface area contributed by atoms with Gasteiger partial charge in [0.25, 0.3) is 0 Å². The van der Waals surface area contributed by atoms with Gasteiger partial charge in [-0.25, -0.2) is 24.1 Å². The molecule has 3 rings (SSSR count). The Hall–Kier alpha value is -2.75. The van der Waals surface area contributed by atoms with Gasteiger partial charge in [0, 0.05) is 42.6 Å². The van der Waals surface area contributed by atoms with E-state index in [0.717, 1.165) is 5.52 Å². The second-order valence-corrected chi connectivity index (χ2v) is 9.10. The highest BCUT2D eigenvalue weighted by molar-refractivity contribution is 9.10. The van der Waals surface area contributed by atoms with Crippen molar-refractivity contribution in [1.82, 2.24) is 24.4 Å². The molecule has 0 saturated heterocycles. The number of ether oxygens (including phenoxy) is 2. The summed E-state index contributed by atoms with van der Waals surface area (Å²) in [7, 11) is 0. The molecule has 172 valence electrons. The van der Waals surface area contributed by atoms with Gasteiger partial charge < -0.3 is 18.9 Å². The Balaban J connectivity index is 1.57. The van der Waals surface area contributed by atoms with Gasteiger partial charge in [0.05, 0.1) is 24.0 Å². The molecule has 0 fully saturated rings. The van der Waals surface area contributed by atoms with E-state index in [-0.39, 0.29) is 11.9 Å². The number of hydrogen-bond donors (Lipinski definition) is 0. The molecule has 32 heavy (non-hydrogen) atoms. The zero-order valence-electron chi connectivity index (χ0n) is 18.4. The lowest BCUT2D eigenvalue weighted by Crippen LogP contribution is -2.38. The molecule has 1 amide bonds. The van der Waals surface area contributed by atoms with Crippen LogP contribution < -0.4 is 4.74 Å². The minimum absolute atomic E-state index is 0.310. The van der Waals surface area contributed by atoms with Crippen LogP contribution in [-0.2, 0) is 11.3 Å². The quantitative estimate of drug-likeness (QED) is 0.386. The Morgan fingerprint density at radius 3 is 2.59 bits per heavy atom. The third-order valence-corrected chi connectivity index (χ3v) is 5.06. The van der Waals surface area contributed by atoms with Gasteiger partial charge in [-0.2, -0.15) is 0 Å². The van der Waals surface area contributed by atoms with E-state index in [0.29, 0.717) is 55.1 Å². The standard InChI is InChI=1S/C22H27BrFN5O3/c1-22(2,3)32-21(30)28(11-6-12-31-20-25-7-4-8-26-20)9-5-10-29-15-27-18-14-16(24)13-17(23)19(18)29/h4,7-8,13-15H,5-6,9-12H2,1-3H3. The highest BCUT2D eigenvalue weighted by Gasteiger charge is 2.22. The molecule has 2 heterocycles. The fourth-order valence-electron chi connectivity index (χ4n) is 3.13. The lowest BCUT2D eigenvalue weighted by molar-refractivity contribution is 0.0237. The van der Waals surface area contributed by atoms with Gasteiger partial charge in [0.1, 0.15) is 11.4 Å². The molecule has 0 unspecified atom stereocenters. The van der Waals surface area contributed by atoms with Crippen LogP contribution in [0.25, 0.3) is 11.0 Å². The van der Waals surface area contributed by atoms with Gasteiger partial charge in [-0.3, -0.25) is 0 Å². The molecule has 8 nitrogen and oxygen atoms in total. The molecule has 0 aliphatic rings. The summed E-state index contributed by atoms with van der Waals surface area (Å²) in [5.74, 6) is -0.339. The van der Waals surface area contributed by atoms with E-state index in [1.807, 2.05) is 25.3 Å². The Morgan fingerprint density at radius 1 is 1.16 bits per heavy atom.